The number of β-amino-alcohol motifs (C(OH)–C–C–N with tert-alkyl or cyclic N) is 1. The van der Waals surface area contributed by atoms with Crippen LogP contribution in [0.3, 0.4) is 0 Å². The van der Waals surface area contributed by atoms with Gasteiger partial charge in [-0.15, -0.1) is 0 Å². The lowest BCUT2D eigenvalue weighted by Gasteiger charge is -2.33. The molecule has 8 heteroatoms. The fourth-order valence-electron chi connectivity index (χ4n) is 2.80. The van der Waals surface area contributed by atoms with Crippen LogP contribution in [0.4, 0.5) is 0 Å². The van der Waals surface area contributed by atoms with E-state index < -0.39 is 31.0 Å². The number of rotatable bonds is 5. The molecule has 4 atom stereocenters. The molecule has 1 aliphatic heterocycles. The zero-order valence-corrected chi connectivity index (χ0v) is 14.2. The molecule has 1 rings (SSSR count). The van der Waals surface area contributed by atoms with Crippen molar-refractivity contribution in [3.63, 3.8) is 0 Å². The van der Waals surface area contributed by atoms with Crippen LogP contribution in [-0.4, -0.2) is 88.5 Å². The summed E-state index contributed by atoms with van der Waals surface area (Å²) >= 11 is 0. The molecule has 1 heterocycles. The Morgan fingerprint density at radius 3 is 2.62 bits per heavy atom. The molecule has 8 nitrogen and oxygen atoms in total. The Morgan fingerprint density at radius 2 is 1.96 bits per heavy atom. The van der Waals surface area contributed by atoms with E-state index in [4.69, 9.17) is 15.6 Å². The lowest BCUT2D eigenvalue weighted by Crippen LogP contribution is -2.52. The predicted molar refractivity (Wildman–Crippen MR) is 88.2 cm³/mol. The molecule has 1 aliphatic rings. The third-order valence-corrected chi connectivity index (χ3v) is 4.28. The average molecular weight is 348 g/mol. The molecule has 1 amide bonds. The monoisotopic (exact) mass is 348 g/mol. The maximum Gasteiger partial charge on any atom is 0.222 e. The quantitative estimate of drug-likeness (QED) is 0.412. The van der Waals surface area contributed by atoms with Crippen LogP contribution in [0.25, 0.3) is 0 Å². The number of nitrogens with two attached hydrogens (primary N) is 1. The topological polar surface area (TPSA) is 136 Å². The minimum Gasteiger partial charge on any atom is -0.394 e. The number of hydrogen-bond donors (Lipinski definition) is 5. The van der Waals surface area contributed by atoms with Crippen LogP contribution >= 0.6 is 0 Å². The number of amides is 1. The lowest BCUT2D eigenvalue weighted by atomic mass is 10.0. The molecule has 142 valence electrons. The van der Waals surface area contributed by atoms with Gasteiger partial charge in [-0.1, -0.05) is 12.8 Å². The van der Waals surface area contributed by atoms with Crippen molar-refractivity contribution in [2.45, 2.75) is 62.9 Å². The van der Waals surface area contributed by atoms with Gasteiger partial charge in [-0.3, -0.25) is 4.79 Å². The third kappa shape index (κ3) is 7.00. The summed E-state index contributed by atoms with van der Waals surface area (Å²) in [6, 6.07) is 0. The number of carbonyl (C=O) groups excluding carboxylic acids is 1. The second-order valence-corrected chi connectivity index (χ2v) is 6.29. The molecule has 0 aliphatic carbocycles. The van der Waals surface area contributed by atoms with Gasteiger partial charge in [0.25, 0.3) is 0 Å². The Bertz CT molecular complexity index is 357. The van der Waals surface area contributed by atoms with Gasteiger partial charge >= 0.3 is 0 Å². The first kappa shape index (κ1) is 21.3. The Morgan fingerprint density at radius 1 is 1.25 bits per heavy atom. The van der Waals surface area contributed by atoms with Gasteiger partial charge in [-0.2, -0.15) is 0 Å². The predicted octanol–water partition coefficient (Wildman–Crippen LogP) is -1.41. The molecular weight excluding hydrogens is 316 g/mol. The van der Waals surface area contributed by atoms with Gasteiger partial charge < -0.3 is 35.8 Å². The van der Waals surface area contributed by atoms with Crippen LogP contribution in [-0.2, 0) is 9.53 Å². The number of aliphatic hydroxyl groups is 4. The highest BCUT2D eigenvalue weighted by Gasteiger charge is 2.34. The highest BCUT2D eigenvalue weighted by atomic mass is 16.5. The van der Waals surface area contributed by atoms with Gasteiger partial charge in [0, 0.05) is 26.1 Å². The van der Waals surface area contributed by atoms with E-state index in [-0.39, 0.29) is 12.5 Å². The molecule has 0 aromatic carbocycles. The SMILES string of the molecule is NCCCC(=O)N1CCCCCCO[C@H]([C@H](O)CO)[C@H](O)[C@@H](O)C1. The second kappa shape index (κ2) is 11.7. The van der Waals surface area contributed by atoms with E-state index in [0.29, 0.717) is 32.5 Å². The summed E-state index contributed by atoms with van der Waals surface area (Å²) in [7, 11) is 0. The van der Waals surface area contributed by atoms with E-state index in [0.717, 1.165) is 25.7 Å². The molecule has 6 N–H and O–H groups in total. The zero-order valence-electron chi connectivity index (χ0n) is 14.2. The Hall–Kier alpha value is -0.770. The first-order chi connectivity index (χ1) is 11.5. The Labute approximate surface area is 143 Å². The summed E-state index contributed by atoms with van der Waals surface area (Å²) in [5, 5.41) is 39.5. The second-order valence-electron chi connectivity index (χ2n) is 6.29. The summed E-state index contributed by atoms with van der Waals surface area (Å²) < 4.78 is 5.47. The standard InChI is InChI=1S/C16H32N2O6/c17-7-5-6-14(22)18-8-3-1-2-4-9-24-16(13(21)11-19)15(23)12(20)10-18/h12-13,15-16,19-21,23H,1-11,17H2/t12-,13+,15+,16+/m0/s1. The van der Waals surface area contributed by atoms with Crippen LogP contribution in [0.15, 0.2) is 0 Å². The molecule has 1 saturated heterocycles. The van der Waals surface area contributed by atoms with E-state index in [1.165, 1.54) is 4.90 Å². The molecule has 0 aromatic heterocycles. The Balaban J connectivity index is 2.79. The van der Waals surface area contributed by atoms with E-state index in [1.807, 2.05) is 0 Å². The van der Waals surface area contributed by atoms with Crippen molar-refractivity contribution in [1.82, 2.24) is 4.90 Å². The van der Waals surface area contributed by atoms with Crippen molar-refractivity contribution in [3.05, 3.63) is 0 Å². The summed E-state index contributed by atoms with van der Waals surface area (Å²) in [6.45, 7) is 0.658. The van der Waals surface area contributed by atoms with Crippen molar-refractivity contribution in [1.29, 1.82) is 0 Å². The van der Waals surface area contributed by atoms with Crippen molar-refractivity contribution in [3.8, 4) is 0 Å². The van der Waals surface area contributed by atoms with Crippen LogP contribution in [0.5, 0.6) is 0 Å². The zero-order chi connectivity index (χ0) is 17.9. The van der Waals surface area contributed by atoms with Gasteiger partial charge in [-0.25, -0.2) is 0 Å². The summed E-state index contributed by atoms with van der Waals surface area (Å²) in [6.07, 6.45) is -0.764. The smallest absolute Gasteiger partial charge is 0.222 e. The van der Waals surface area contributed by atoms with E-state index >= 15 is 0 Å². The maximum absolute atomic E-state index is 12.3. The molecule has 0 aromatic rings. The van der Waals surface area contributed by atoms with Gasteiger partial charge in [0.05, 0.1) is 6.61 Å². The highest BCUT2D eigenvalue weighted by molar-refractivity contribution is 5.76. The summed E-state index contributed by atoms with van der Waals surface area (Å²) in [5.74, 6) is -0.107. The number of nitrogens with zero attached hydrogens (tertiary/aromatic N) is 1. The van der Waals surface area contributed by atoms with Gasteiger partial charge in [0.2, 0.25) is 5.91 Å². The lowest BCUT2D eigenvalue weighted by molar-refractivity contribution is -0.152. The van der Waals surface area contributed by atoms with E-state index in [1.54, 1.807) is 0 Å². The molecule has 24 heavy (non-hydrogen) atoms. The number of aliphatic hydroxyl groups excluding tert-OH is 4. The van der Waals surface area contributed by atoms with Crippen LogP contribution < -0.4 is 5.73 Å². The summed E-state index contributed by atoms with van der Waals surface area (Å²) in [4.78, 5) is 13.8. The average Bonchev–Trinajstić information content (AvgIpc) is 2.58. The van der Waals surface area contributed by atoms with Crippen molar-refractivity contribution >= 4 is 5.91 Å². The number of carbonyl (C=O) groups is 1. The Kier molecular flexibility index (Phi) is 10.4. The molecule has 1 fully saturated rings. The first-order valence-electron chi connectivity index (χ1n) is 8.75. The van der Waals surface area contributed by atoms with E-state index in [2.05, 4.69) is 0 Å². The molecule has 0 bridgehead atoms. The largest absolute Gasteiger partial charge is 0.394 e. The minimum absolute atomic E-state index is 0.0391. The molecule has 0 saturated carbocycles. The van der Waals surface area contributed by atoms with E-state index in [9.17, 15) is 20.1 Å². The fraction of sp³-hybridized carbons (Fsp3) is 0.938. The molecule has 0 unspecified atom stereocenters. The number of hydrogen-bond acceptors (Lipinski definition) is 7. The van der Waals surface area contributed by atoms with Crippen LogP contribution in [0.2, 0.25) is 0 Å². The molecular formula is C16H32N2O6. The van der Waals surface area contributed by atoms with Crippen LogP contribution in [0, 0.1) is 0 Å². The minimum atomic E-state index is -1.39. The normalized spacial score (nSPS) is 28.7. The van der Waals surface area contributed by atoms with Gasteiger partial charge in [0.15, 0.2) is 0 Å². The molecule has 0 spiro atoms. The highest BCUT2D eigenvalue weighted by Crippen LogP contribution is 2.15. The fourth-order valence-corrected chi connectivity index (χ4v) is 2.80. The van der Waals surface area contributed by atoms with Crippen molar-refractivity contribution in [2.24, 2.45) is 5.73 Å². The van der Waals surface area contributed by atoms with Crippen molar-refractivity contribution < 1.29 is 30.0 Å². The number of ether oxygens (including phenoxy) is 1. The van der Waals surface area contributed by atoms with Gasteiger partial charge in [-0.05, 0) is 25.8 Å². The van der Waals surface area contributed by atoms with Gasteiger partial charge in [0.1, 0.15) is 24.4 Å². The van der Waals surface area contributed by atoms with Crippen molar-refractivity contribution in [2.75, 3.05) is 32.8 Å². The van der Waals surface area contributed by atoms with Crippen LogP contribution in [0.1, 0.15) is 38.5 Å². The third-order valence-electron chi connectivity index (χ3n) is 4.28. The summed E-state index contributed by atoms with van der Waals surface area (Å²) in [5.41, 5.74) is 5.43. The molecule has 0 radical (unpaired) electrons. The first-order valence-corrected chi connectivity index (χ1v) is 8.75. The maximum atomic E-state index is 12.3.